The number of carboxylic acid groups (broad SMARTS) is 2. The maximum absolute atomic E-state index is 13.4. The van der Waals surface area contributed by atoms with Gasteiger partial charge in [0.15, 0.2) is 9.84 Å². The molecule has 2 rings (SSSR count). The Balaban J connectivity index is 2.32. The first-order valence-corrected chi connectivity index (χ1v) is 12.9. The van der Waals surface area contributed by atoms with Crippen molar-refractivity contribution in [3.63, 3.8) is 0 Å². The van der Waals surface area contributed by atoms with E-state index in [0.29, 0.717) is 10.6 Å². The summed E-state index contributed by atoms with van der Waals surface area (Å²) >= 11 is 5.83. The predicted octanol–water partition coefficient (Wildman–Crippen LogP) is 1.05. The molecular formula is C23H26ClN3O8S. The quantitative estimate of drug-likeness (QED) is 0.289. The van der Waals surface area contributed by atoms with E-state index >= 15 is 0 Å². The largest absolute Gasteiger partial charge is 0.480 e. The third kappa shape index (κ3) is 9.29. The zero-order chi connectivity index (χ0) is 26.9. The summed E-state index contributed by atoms with van der Waals surface area (Å²) in [5, 5.41) is 20.9. The summed E-state index contributed by atoms with van der Waals surface area (Å²) in [6, 6.07) is 10.8. The fourth-order valence-corrected chi connectivity index (χ4v) is 4.90. The van der Waals surface area contributed by atoms with Crippen LogP contribution in [0.1, 0.15) is 18.4 Å². The zero-order valence-corrected chi connectivity index (χ0v) is 20.6. The standard InChI is InChI=1S/C23H26ClN3O8S/c24-16-8-6-15(7-9-16)13-36(34,35)14-19(26-20(28)11-10-18(25)23(32)33)22(31)27(12-21(29)30)17-4-2-1-3-5-17/h1-9,18-19H,10-14,25H2,(H,26,28)(H,29,30)(H,32,33)/t18?,19-/m0/s1. The van der Waals surface area contributed by atoms with E-state index in [2.05, 4.69) is 5.32 Å². The van der Waals surface area contributed by atoms with Crippen molar-refractivity contribution in [1.29, 1.82) is 0 Å². The Kier molecular flexibility index (Phi) is 10.4. The van der Waals surface area contributed by atoms with E-state index in [1.807, 2.05) is 0 Å². The molecule has 0 radical (unpaired) electrons. The Hall–Kier alpha value is -3.48. The second-order valence-electron chi connectivity index (χ2n) is 7.94. The average molecular weight is 540 g/mol. The van der Waals surface area contributed by atoms with E-state index in [1.54, 1.807) is 18.2 Å². The van der Waals surface area contributed by atoms with Crippen LogP contribution in [-0.4, -0.2) is 66.8 Å². The molecule has 13 heteroatoms. The van der Waals surface area contributed by atoms with Crippen LogP contribution in [0.3, 0.4) is 0 Å². The monoisotopic (exact) mass is 539 g/mol. The summed E-state index contributed by atoms with van der Waals surface area (Å²) in [7, 11) is -4.00. The molecule has 0 aliphatic carbocycles. The molecule has 36 heavy (non-hydrogen) atoms. The molecule has 5 N–H and O–H groups in total. The molecule has 2 amide bonds. The molecule has 0 aromatic heterocycles. The van der Waals surface area contributed by atoms with Crippen LogP contribution in [0.25, 0.3) is 0 Å². The van der Waals surface area contributed by atoms with Gasteiger partial charge in [-0.25, -0.2) is 8.42 Å². The number of carboxylic acids is 2. The molecule has 0 saturated carbocycles. The lowest BCUT2D eigenvalue weighted by Gasteiger charge is -2.27. The second-order valence-corrected chi connectivity index (χ2v) is 10.5. The summed E-state index contributed by atoms with van der Waals surface area (Å²) in [5.74, 6) is -5.73. The minimum atomic E-state index is -4.00. The number of sulfone groups is 1. The van der Waals surface area contributed by atoms with Gasteiger partial charge in [-0.2, -0.15) is 0 Å². The third-order valence-electron chi connectivity index (χ3n) is 4.98. The van der Waals surface area contributed by atoms with Gasteiger partial charge in [-0.3, -0.25) is 24.1 Å². The summed E-state index contributed by atoms with van der Waals surface area (Å²) < 4.78 is 25.9. The maximum Gasteiger partial charge on any atom is 0.323 e. The van der Waals surface area contributed by atoms with Crippen LogP contribution in [-0.2, 0) is 34.8 Å². The van der Waals surface area contributed by atoms with E-state index < -0.39 is 70.1 Å². The van der Waals surface area contributed by atoms with Crippen LogP contribution < -0.4 is 16.0 Å². The van der Waals surface area contributed by atoms with Crippen LogP contribution in [0.5, 0.6) is 0 Å². The Morgan fingerprint density at radius 2 is 1.61 bits per heavy atom. The van der Waals surface area contributed by atoms with Gasteiger partial charge in [0.2, 0.25) is 5.91 Å². The van der Waals surface area contributed by atoms with E-state index in [0.717, 1.165) is 4.90 Å². The van der Waals surface area contributed by atoms with Crippen LogP contribution in [0, 0.1) is 0 Å². The number of para-hydroxylation sites is 1. The van der Waals surface area contributed by atoms with Gasteiger partial charge in [-0.15, -0.1) is 0 Å². The van der Waals surface area contributed by atoms with E-state index in [1.165, 1.54) is 36.4 Å². The molecule has 0 heterocycles. The number of benzene rings is 2. The SMILES string of the molecule is NC(CCC(=O)N[C@@H](CS(=O)(=O)Cc1ccc(Cl)cc1)C(=O)N(CC(=O)O)c1ccccc1)C(=O)O. The molecule has 0 aliphatic rings. The van der Waals surface area contributed by atoms with Crippen molar-refractivity contribution in [1.82, 2.24) is 5.32 Å². The fourth-order valence-electron chi connectivity index (χ4n) is 3.23. The molecule has 0 fully saturated rings. The zero-order valence-electron chi connectivity index (χ0n) is 19.0. The van der Waals surface area contributed by atoms with Crippen LogP contribution >= 0.6 is 11.6 Å². The summed E-state index contributed by atoms with van der Waals surface area (Å²) in [6.45, 7) is -0.781. The van der Waals surface area contributed by atoms with Crippen LogP contribution in [0.15, 0.2) is 54.6 Å². The highest BCUT2D eigenvalue weighted by Crippen LogP contribution is 2.17. The molecule has 0 aliphatic heterocycles. The van der Waals surface area contributed by atoms with Crippen molar-refractivity contribution in [3.8, 4) is 0 Å². The fraction of sp³-hybridized carbons (Fsp3) is 0.304. The molecule has 0 saturated heterocycles. The van der Waals surface area contributed by atoms with Gasteiger partial charge >= 0.3 is 11.9 Å². The lowest BCUT2D eigenvalue weighted by atomic mass is 10.1. The lowest BCUT2D eigenvalue weighted by Crippen LogP contribution is -2.53. The molecule has 2 atom stereocenters. The highest BCUT2D eigenvalue weighted by Gasteiger charge is 2.32. The highest BCUT2D eigenvalue weighted by molar-refractivity contribution is 7.90. The van der Waals surface area contributed by atoms with Gasteiger partial charge in [0.25, 0.3) is 5.91 Å². The first kappa shape index (κ1) is 28.8. The molecule has 194 valence electrons. The molecule has 0 spiro atoms. The van der Waals surface area contributed by atoms with E-state index in [-0.39, 0.29) is 12.1 Å². The Labute approximate surface area is 212 Å². The van der Waals surface area contributed by atoms with Crippen molar-refractivity contribution >= 4 is 50.9 Å². The minimum Gasteiger partial charge on any atom is -0.480 e. The Bertz CT molecular complexity index is 1190. The molecule has 0 bridgehead atoms. The lowest BCUT2D eigenvalue weighted by molar-refractivity contribution is -0.139. The van der Waals surface area contributed by atoms with Crippen molar-refractivity contribution in [2.45, 2.75) is 30.7 Å². The third-order valence-corrected chi connectivity index (χ3v) is 6.85. The number of nitrogens with one attached hydrogen (secondary N) is 1. The molecule has 2 aromatic rings. The molecule has 11 nitrogen and oxygen atoms in total. The van der Waals surface area contributed by atoms with Gasteiger partial charge in [0.05, 0.1) is 11.5 Å². The molecule has 1 unspecified atom stereocenters. The number of carbonyl (C=O) groups excluding carboxylic acids is 2. The number of rotatable bonds is 13. The van der Waals surface area contributed by atoms with Gasteiger partial charge < -0.3 is 21.3 Å². The predicted molar refractivity (Wildman–Crippen MR) is 132 cm³/mol. The number of amides is 2. The number of anilines is 1. The molecular weight excluding hydrogens is 514 g/mol. The van der Waals surface area contributed by atoms with Gasteiger partial charge in [-0.05, 0) is 36.2 Å². The first-order chi connectivity index (χ1) is 16.9. The number of nitrogens with two attached hydrogens (primary N) is 1. The number of halogens is 1. The number of carbonyl (C=O) groups is 4. The Morgan fingerprint density at radius 1 is 1.00 bits per heavy atom. The number of nitrogens with zero attached hydrogens (tertiary/aromatic N) is 1. The van der Waals surface area contributed by atoms with E-state index in [4.69, 9.17) is 22.4 Å². The highest BCUT2D eigenvalue weighted by atomic mass is 35.5. The second kappa shape index (κ2) is 13.0. The first-order valence-electron chi connectivity index (χ1n) is 10.7. The summed E-state index contributed by atoms with van der Waals surface area (Å²) in [4.78, 5) is 49.1. The summed E-state index contributed by atoms with van der Waals surface area (Å²) in [5.41, 5.74) is 5.99. The van der Waals surface area contributed by atoms with Crippen molar-refractivity contribution in [2.75, 3.05) is 17.2 Å². The number of hydrogen-bond donors (Lipinski definition) is 4. The van der Waals surface area contributed by atoms with Gasteiger partial charge in [0, 0.05) is 17.1 Å². The van der Waals surface area contributed by atoms with Crippen molar-refractivity contribution < 1.29 is 37.8 Å². The normalized spacial score (nSPS) is 12.8. The van der Waals surface area contributed by atoms with Crippen LogP contribution in [0.4, 0.5) is 5.69 Å². The Morgan fingerprint density at radius 3 is 2.17 bits per heavy atom. The van der Waals surface area contributed by atoms with Crippen molar-refractivity contribution in [2.24, 2.45) is 5.73 Å². The van der Waals surface area contributed by atoms with E-state index in [9.17, 15) is 32.7 Å². The molecule has 2 aromatic carbocycles. The minimum absolute atomic E-state index is 0.187. The smallest absolute Gasteiger partial charge is 0.323 e. The summed E-state index contributed by atoms with van der Waals surface area (Å²) in [6.07, 6.45) is -0.643. The van der Waals surface area contributed by atoms with Crippen LogP contribution in [0.2, 0.25) is 5.02 Å². The number of aliphatic carboxylic acids is 2. The van der Waals surface area contributed by atoms with Gasteiger partial charge in [-0.1, -0.05) is 41.9 Å². The van der Waals surface area contributed by atoms with Gasteiger partial charge in [0.1, 0.15) is 18.6 Å². The topological polar surface area (TPSA) is 184 Å². The van der Waals surface area contributed by atoms with Crippen molar-refractivity contribution in [3.05, 3.63) is 65.2 Å². The number of hydrogen-bond acceptors (Lipinski definition) is 7. The maximum atomic E-state index is 13.4. The average Bonchev–Trinajstić information content (AvgIpc) is 2.81.